The van der Waals surface area contributed by atoms with Crippen molar-refractivity contribution in [2.24, 2.45) is 0 Å². The molecule has 1 rings (SSSR count). The lowest BCUT2D eigenvalue weighted by molar-refractivity contribution is -0.142. The van der Waals surface area contributed by atoms with Crippen molar-refractivity contribution in [3.8, 4) is 0 Å². The van der Waals surface area contributed by atoms with Crippen LogP contribution in [-0.2, 0) is 16.1 Å². The van der Waals surface area contributed by atoms with E-state index in [0.717, 1.165) is 19.4 Å². The number of carbonyl (C=O) groups is 1. The molecule has 4 heteroatoms. The lowest BCUT2D eigenvalue weighted by Gasteiger charge is -2.04. The third-order valence-electron chi connectivity index (χ3n) is 2.13. The maximum atomic E-state index is 11.2. The van der Waals surface area contributed by atoms with E-state index in [1.54, 1.807) is 11.3 Å². The summed E-state index contributed by atoms with van der Waals surface area (Å²) < 4.78 is 5.03. The van der Waals surface area contributed by atoms with E-state index in [9.17, 15) is 4.79 Å². The number of ether oxygens (including phenoxy) is 1. The molecule has 0 radical (unpaired) electrons. The van der Waals surface area contributed by atoms with Crippen LogP contribution < -0.4 is 5.32 Å². The summed E-state index contributed by atoms with van der Waals surface area (Å²) in [7, 11) is 0. The van der Waals surface area contributed by atoms with E-state index in [4.69, 9.17) is 4.74 Å². The van der Waals surface area contributed by atoms with E-state index in [1.165, 1.54) is 9.75 Å². The molecule has 0 aromatic carbocycles. The van der Waals surface area contributed by atoms with Crippen LogP contribution in [0.5, 0.6) is 0 Å². The van der Waals surface area contributed by atoms with Gasteiger partial charge in [-0.25, -0.2) is 0 Å². The zero-order chi connectivity index (χ0) is 11.8. The molecule has 3 nitrogen and oxygen atoms in total. The number of hydrogen-bond donors (Lipinski definition) is 1. The number of aryl methyl sites for hydroxylation is 1. The van der Waals surface area contributed by atoms with Crippen LogP contribution in [0.3, 0.4) is 0 Å². The normalized spacial score (nSPS) is 10.4. The zero-order valence-electron chi connectivity index (χ0n) is 9.91. The Labute approximate surface area is 101 Å². The first-order chi connectivity index (χ1) is 7.72. The molecular formula is C12H19NO2S. The Bertz CT molecular complexity index is 323. The van der Waals surface area contributed by atoms with Gasteiger partial charge in [-0.2, -0.15) is 0 Å². The topological polar surface area (TPSA) is 38.3 Å². The standard InChI is InChI=1S/C12H19NO2S/c1-3-4-7-15-12(14)9-13-8-11-6-5-10(2)16-11/h5-6,13H,3-4,7-9H2,1-2H3. The minimum Gasteiger partial charge on any atom is -0.465 e. The molecule has 90 valence electrons. The Morgan fingerprint density at radius 3 is 2.94 bits per heavy atom. The summed E-state index contributed by atoms with van der Waals surface area (Å²) in [4.78, 5) is 13.8. The Kier molecular flexibility index (Phi) is 6.11. The van der Waals surface area contributed by atoms with Crippen LogP contribution in [-0.4, -0.2) is 19.1 Å². The second-order valence-corrected chi connectivity index (χ2v) is 5.06. The average molecular weight is 241 g/mol. The molecule has 16 heavy (non-hydrogen) atoms. The van der Waals surface area contributed by atoms with Crippen LogP contribution in [0.25, 0.3) is 0 Å². The van der Waals surface area contributed by atoms with E-state index < -0.39 is 0 Å². The summed E-state index contributed by atoms with van der Waals surface area (Å²) in [6.45, 7) is 5.72. The molecule has 0 aliphatic heterocycles. The van der Waals surface area contributed by atoms with Gasteiger partial charge in [0.25, 0.3) is 0 Å². The Balaban J connectivity index is 2.08. The van der Waals surface area contributed by atoms with Crippen molar-refractivity contribution in [2.45, 2.75) is 33.2 Å². The molecule has 0 aliphatic carbocycles. The first kappa shape index (κ1) is 13.2. The molecule has 0 unspecified atom stereocenters. The Hall–Kier alpha value is -0.870. The number of thiophene rings is 1. The van der Waals surface area contributed by atoms with Crippen LogP contribution in [0, 0.1) is 6.92 Å². The van der Waals surface area contributed by atoms with Crippen LogP contribution in [0.1, 0.15) is 29.5 Å². The third-order valence-corrected chi connectivity index (χ3v) is 3.13. The second kappa shape index (κ2) is 7.41. The van der Waals surface area contributed by atoms with E-state index >= 15 is 0 Å². The maximum Gasteiger partial charge on any atom is 0.319 e. The summed E-state index contributed by atoms with van der Waals surface area (Å²) in [6.07, 6.45) is 1.99. The molecule has 1 N–H and O–H groups in total. The highest BCUT2D eigenvalue weighted by Crippen LogP contribution is 2.14. The molecule has 0 aliphatic rings. The van der Waals surface area contributed by atoms with Gasteiger partial charge in [-0.15, -0.1) is 11.3 Å². The minimum atomic E-state index is -0.165. The summed E-state index contributed by atoms with van der Waals surface area (Å²) >= 11 is 1.75. The van der Waals surface area contributed by atoms with Gasteiger partial charge in [-0.1, -0.05) is 13.3 Å². The van der Waals surface area contributed by atoms with Crippen molar-refractivity contribution in [1.82, 2.24) is 5.32 Å². The quantitative estimate of drug-likeness (QED) is 0.589. The third kappa shape index (κ3) is 5.28. The Morgan fingerprint density at radius 2 is 2.31 bits per heavy atom. The number of unbranched alkanes of at least 4 members (excludes halogenated alkanes) is 1. The molecule has 0 atom stereocenters. The van der Waals surface area contributed by atoms with Gasteiger partial charge < -0.3 is 10.1 Å². The van der Waals surface area contributed by atoms with Crippen LogP contribution in [0.2, 0.25) is 0 Å². The fourth-order valence-electron chi connectivity index (χ4n) is 1.25. The monoisotopic (exact) mass is 241 g/mol. The number of nitrogens with one attached hydrogen (secondary N) is 1. The molecule has 0 saturated carbocycles. The van der Waals surface area contributed by atoms with Crippen molar-refractivity contribution in [3.63, 3.8) is 0 Å². The van der Waals surface area contributed by atoms with Gasteiger partial charge in [0, 0.05) is 16.3 Å². The molecule has 0 spiro atoms. The fourth-order valence-corrected chi connectivity index (χ4v) is 2.11. The highest BCUT2D eigenvalue weighted by atomic mass is 32.1. The fraction of sp³-hybridized carbons (Fsp3) is 0.583. The van der Waals surface area contributed by atoms with Gasteiger partial charge in [0.2, 0.25) is 0 Å². The molecule has 0 bridgehead atoms. The van der Waals surface area contributed by atoms with Crippen molar-refractivity contribution in [2.75, 3.05) is 13.2 Å². The van der Waals surface area contributed by atoms with Crippen molar-refractivity contribution >= 4 is 17.3 Å². The van der Waals surface area contributed by atoms with Crippen LogP contribution in [0.4, 0.5) is 0 Å². The van der Waals surface area contributed by atoms with E-state index in [0.29, 0.717) is 13.2 Å². The number of hydrogen-bond acceptors (Lipinski definition) is 4. The lowest BCUT2D eigenvalue weighted by atomic mass is 10.4. The van der Waals surface area contributed by atoms with Crippen LogP contribution >= 0.6 is 11.3 Å². The van der Waals surface area contributed by atoms with E-state index in [2.05, 4.69) is 31.3 Å². The minimum absolute atomic E-state index is 0.165. The predicted molar refractivity (Wildman–Crippen MR) is 66.6 cm³/mol. The number of rotatable bonds is 7. The first-order valence-electron chi connectivity index (χ1n) is 5.64. The van der Waals surface area contributed by atoms with Crippen molar-refractivity contribution in [3.05, 3.63) is 21.9 Å². The molecule has 1 heterocycles. The average Bonchev–Trinajstić information content (AvgIpc) is 2.65. The summed E-state index contributed by atoms with van der Waals surface area (Å²) in [5, 5.41) is 3.08. The smallest absolute Gasteiger partial charge is 0.319 e. The SMILES string of the molecule is CCCCOC(=O)CNCc1ccc(C)s1. The van der Waals surface area contributed by atoms with Gasteiger partial charge >= 0.3 is 5.97 Å². The second-order valence-electron chi connectivity index (χ2n) is 3.69. The van der Waals surface area contributed by atoms with Gasteiger partial charge in [0.05, 0.1) is 13.2 Å². The Morgan fingerprint density at radius 1 is 1.50 bits per heavy atom. The number of carbonyl (C=O) groups excluding carboxylic acids is 1. The largest absolute Gasteiger partial charge is 0.465 e. The van der Waals surface area contributed by atoms with E-state index in [-0.39, 0.29) is 5.97 Å². The highest BCUT2D eigenvalue weighted by molar-refractivity contribution is 7.11. The summed E-state index contributed by atoms with van der Waals surface area (Å²) in [5.74, 6) is -0.165. The van der Waals surface area contributed by atoms with Gasteiger partial charge in [0.15, 0.2) is 0 Å². The van der Waals surface area contributed by atoms with Crippen LogP contribution in [0.15, 0.2) is 12.1 Å². The van der Waals surface area contributed by atoms with Gasteiger partial charge in [0.1, 0.15) is 0 Å². The maximum absolute atomic E-state index is 11.2. The molecule has 0 saturated heterocycles. The van der Waals surface area contributed by atoms with Crippen molar-refractivity contribution < 1.29 is 9.53 Å². The zero-order valence-corrected chi connectivity index (χ0v) is 10.7. The summed E-state index contributed by atoms with van der Waals surface area (Å²) in [5.41, 5.74) is 0. The molecule has 1 aromatic heterocycles. The first-order valence-corrected chi connectivity index (χ1v) is 6.45. The summed E-state index contributed by atoms with van der Waals surface area (Å²) in [6, 6.07) is 4.16. The predicted octanol–water partition coefficient (Wildman–Crippen LogP) is 2.49. The molecule has 0 fully saturated rings. The van der Waals surface area contributed by atoms with Crippen molar-refractivity contribution in [1.29, 1.82) is 0 Å². The van der Waals surface area contributed by atoms with Gasteiger partial charge in [-0.3, -0.25) is 4.79 Å². The lowest BCUT2D eigenvalue weighted by Crippen LogP contribution is -2.24. The molecule has 0 amide bonds. The highest BCUT2D eigenvalue weighted by Gasteiger charge is 2.02. The molecule has 1 aromatic rings. The molecular weight excluding hydrogens is 222 g/mol. The van der Waals surface area contributed by atoms with Gasteiger partial charge in [-0.05, 0) is 25.5 Å². The van der Waals surface area contributed by atoms with E-state index in [1.807, 2.05) is 0 Å². The number of esters is 1.